The van der Waals surface area contributed by atoms with Gasteiger partial charge in [0.25, 0.3) is 0 Å². The monoisotopic (exact) mass is 192 g/mol. The van der Waals surface area contributed by atoms with E-state index in [0.29, 0.717) is 5.92 Å². The number of hydrogen-bond acceptors (Lipinski definition) is 1. The van der Waals surface area contributed by atoms with Gasteiger partial charge in [0.1, 0.15) is 0 Å². The molecule has 0 saturated heterocycles. The van der Waals surface area contributed by atoms with Crippen LogP contribution in [0.3, 0.4) is 0 Å². The molecule has 0 aliphatic heterocycles. The molecule has 0 aromatic carbocycles. The topological polar surface area (TPSA) is 17.1 Å². The van der Waals surface area contributed by atoms with Crippen molar-refractivity contribution in [1.82, 2.24) is 0 Å². The molecule has 0 bridgehead atoms. The number of ketones is 1. The summed E-state index contributed by atoms with van der Waals surface area (Å²) in [6.07, 6.45) is 7.94. The molecule has 14 heavy (non-hydrogen) atoms. The summed E-state index contributed by atoms with van der Waals surface area (Å²) in [6, 6.07) is 0. The number of carbonyl (C=O) groups is 1. The molecule has 0 radical (unpaired) electrons. The van der Waals surface area contributed by atoms with E-state index >= 15 is 0 Å². The molecular weight excluding hydrogens is 172 g/mol. The van der Waals surface area contributed by atoms with Crippen LogP contribution >= 0.6 is 0 Å². The Bertz CT molecular complexity index is 282. The lowest BCUT2D eigenvalue weighted by Crippen LogP contribution is -2.25. The van der Waals surface area contributed by atoms with E-state index in [0.717, 1.165) is 12.0 Å². The van der Waals surface area contributed by atoms with E-state index in [1.54, 1.807) is 6.08 Å². The second-order valence-electron chi connectivity index (χ2n) is 4.84. The first kappa shape index (κ1) is 11.2. The van der Waals surface area contributed by atoms with Crippen LogP contribution in [0.15, 0.2) is 23.8 Å². The molecule has 1 rings (SSSR count). The average molecular weight is 192 g/mol. The maximum absolute atomic E-state index is 11.8. The zero-order valence-electron chi connectivity index (χ0n) is 9.63. The van der Waals surface area contributed by atoms with Gasteiger partial charge < -0.3 is 0 Å². The number of rotatable bonds is 2. The molecule has 1 nitrogen and oxygen atoms in total. The van der Waals surface area contributed by atoms with Crippen molar-refractivity contribution in [3.8, 4) is 0 Å². The number of hydrogen-bond donors (Lipinski definition) is 0. The molecule has 1 atom stereocenters. The van der Waals surface area contributed by atoms with Crippen LogP contribution in [-0.2, 0) is 4.79 Å². The van der Waals surface area contributed by atoms with E-state index in [4.69, 9.17) is 0 Å². The minimum absolute atomic E-state index is 0.0586. The molecule has 0 heterocycles. The van der Waals surface area contributed by atoms with E-state index in [-0.39, 0.29) is 11.2 Å². The highest BCUT2D eigenvalue weighted by Gasteiger charge is 2.31. The first-order valence-corrected chi connectivity index (χ1v) is 5.36. The maximum atomic E-state index is 11.8. The minimum Gasteiger partial charge on any atom is -0.290 e. The van der Waals surface area contributed by atoms with Crippen molar-refractivity contribution in [2.24, 2.45) is 11.3 Å². The van der Waals surface area contributed by atoms with Crippen LogP contribution in [0, 0.1) is 11.3 Å². The zero-order chi connectivity index (χ0) is 10.8. The van der Waals surface area contributed by atoms with E-state index in [2.05, 4.69) is 26.8 Å². The Labute approximate surface area is 86.9 Å². The van der Waals surface area contributed by atoms with Gasteiger partial charge in [-0.15, -0.1) is 0 Å². The molecule has 0 fully saturated rings. The predicted octanol–water partition coefficient (Wildman–Crippen LogP) is 3.51. The first-order valence-electron chi connectivity index (χ1n) is 5.36. The molecule has 1 heteroatoms. The average Bonchev–Trinajstić information content (AvgIpc) is 2.10. The van der Waals surface area contributed by atoms with Gasteiger partial charge in [-0.05, 0) is 37.2 Å². The van der Waals surface area contributed by atoms with E-state index < -0.39 is 0 Å². The van der Waals surface area contributed by atoms with Crippen LogP contribution in [0.4, 0.5) is 0 Å². The van der Waals surface area contributed by atoms with Gasteiger partial charge in [-0.25, -0.2) is 0 Å². The molecule has 0 spiro atoms. The third-order valence-corrected chi connectivity index (χ3v) is 2.99. The Morgan fingerprint density at radius 2 is 2.21 bits per heavy atom. The Balaban J connectivity index is 2.97. The molecule has 0 saturated carbocycles. The summed E-state index contributed by atoms with van der Waals surface area (Å²) in [5.74, 6) is 0.733. The SMILES string of the molecule is CC=CC(=O)C1=CC(C)CCC1(C)C. The summed E-state index contributed by atoms with van der Waals surface area (Å²) in [4.78, 5) is 11.8. The van der Waals surface area contributed by atoms with Crippen LogP contribution in [0.1, 0.15) is 40.5 Å². The second-order valence-corrected chi connectivity index (χ2v) is 4.84. The largest absolute Gasteiger partial charge is 0.290 e. The van der Waals surface area contributed by atoms with Crippen molar-refractivity contribution in [2.75, 3.05) is 0 Å². The van der Waals surface area contributed by atoms with Gasteiger partial charge in [0.05, 0.1) is 0 Å². The highest BCUT2D eigenvalue weighted by atomic mass is 16.1. The van der Waals surface area contributed by atoms with Crippen molar-refractivity contribution in [2.45, 2.75) is 40.5 Å². The van der Waals surface area contributed by atoms with Gasteiger partial charge in [-0.1, -0.05) is 32.9 Å². The van der Waals surface area contributed by atoms with E-state index in [1.165, 1.54) is 6.42 Å². The lowest BCUT2D eigenvalue weighted by atomic mass is 9.71. The first-order chi connectivity index (χ1) is 6.47. The smallest absolute Gasteiger partial charge is 0.181 e. The van der Waals surface area contributed by atoms with Crippen LogP contribution in [0.2, 0.25) is 0 Å². The molecule has 0 aromatic heterocycles. The van der Waals surface area contributed by atoms with Crippen LogP contribution in [0.25, 0.3) is 0 Å². The summed E-state index contributed by atoms with van der Waals surface area (Å²) in [7, 11) is 0. The number of allylic oxidation sites excluding steroid dienone is 4. The third kappa shape index (κ3) is 2.34. The molecular formula is C13H20O. The molecule has 0 aromatic rings. The summed E-state index contributed by atoms with van der Waals surface area (Å²) >= 11 is 0. The van der Waals surface area contributed by atoms with Gasteiger partial charge >= 0.3 is 0 Å². The molecule has 0 N–H and O–H groups in total. The summed E-state index contributed by atoms with van der Waals surface area (Å²) < 4.78 is 0. The van der Waals surface area contributed by atoms with E-state index in [1.807, 2.05) is 13.0 Å². The Morgan fingerprint density at radius 3 is 2.79 bits per heavy atom. The molecule has 78 valence electrons. The Morgan fingerprint density at radius 1 is 1.57 bits per heavy atom. The Kier molecular flexibility index (Phi) is 3.30. The van der Waals surface area contributed by atoms with Gasteiger partial charge in [0, 0.05) is 5.57 Å². The van der Waals surface area contributed by atoms with Crippen LogP contribution in [0.5, 0.6) is 0 Å². The van der Waals surface area contributed by atoms with Gasteiger partial charge in [0.15, 0.2) is 5.78 Å². The fraction of sp³-hybridized carbons (Fsp3) is 0.615. The molecule has 1 aliphatic rings. The quantitative estimate of drug-likeness (QED) is 0.612. The molecule has 0 amide bonds. The van der Waals surface area contributed by atoms with Crippen molar-refractivity contribution >= 4 is 5.78 Å². The normalized spacial score (nSPS) is 26.3. The fourth-order valence-corrected chi connectivity index (χ4v) is 1.97. The zero-order valence-corrected chi connectivity index (χ0v) is 9.63. The van der Waals surface area contributed by atoms with Gasteiger partial charge in [-0.3, -0.25) is 4.79 Å². The fourth-order valence-electron chi connectivity index (χ4n) is 1.97. The third-order valence-electron chi connectivity index (χ3n) is 2.99. The second kappa shape index (κ2) is 4.12. The number of carbonyl (C=O) groups excluding carboxylic acids is 1. The Hall–Kier alpha value is -0.850. The maximum Gasteiger partial charge on any atom is 0.181 e. The summed E-state index contributed by atoms with van der Waals surface area (Å²) in [5.41, 5.74) is 1.05. The van der Waals surface area contributed by atoms with Crippen molar-refractivity contribution in [3.05, 3.63) is 23.8 Å². The van der Waals surface area contributed by atoms with Gasteiger partial charge in [0.2, 0.25) is 0 Å². The van der Waals surface area contributed by atoms with Gasteiger partial charge in [-0.2, -0.15) is 0 Å². The van der Waals surface area contributed by atoms with Crippen LogP contribution in [-0.4, -0.2) is 5.78 Å². The predicted molar refractivity (Wildman–Crippen MR) is 60.1 cm³/mol. The lowest BCUT2D eigenvalue weighted by Gasteiger charge is -2.32. The standard InChI is InChI=1S/C13H20O/c1-5-6-12(14)11-9-10(2)7-8-13(11,3)4/h5-6,9-10H,7-8H2,1-4H3. The minimum atomic E-state index is 0.0586. The summed E-state index contributed by atoms with van der Waals surface area (Å²) in [6.45, 7) is 8.38. The van der Waals surface area contributed by atoms with Crippen LogP contribution < -0.4 is 0 Å². The highest BCUT2D eigenvalue weighted by molar-refractivity contribution is 6.04. The van der Waals surface area contributed by atoms with Crippen molar-refractivity contribution < 1.29 is 4.79 Å². The lowest BCUT2D eigenvalue weighted by molar-refractivity contribution is -0.112. The van der Waals surface area contributed by atoms with Crippen molar-refractivity contribution in [1.29, 1.82) is 0 Å². The van der Waals surface area contributed by atoms with Crippen molar-refractivity contribution in [3.63, 3.8) is 0 Å². The molecule has 1 unspecified atom stereocenters. The van der Waals surface area contributed by atoms with E-state index in [9.17, 15) is 4.79 Å². The summed E-state index contributed by atoms with van der Waals surface area (Å²) in [5, 5.41) is 0. The highest BCUT2D eigenvalue weighted by Crippen LogP contribution is 2.39. The molecule has 1 aliphatic carbocycles.